The van der Waals surface area contributed by atoms with E-state index in [1.54, 1.807) is 31.4 Å². The summed E-state index contributed by atoms with van der Waals surface area (Å²) in [5.74, 6) is 0.0563. The number of benzene rings is 1. The lowest BCUT2D eigenvalue weighted by molar-refractivity contribution is 0.0591. The Morgan fingerprint density at radius 2 is 1.95 bits per heavy atom. The van der Waals surface area contributed by atoms with Crippen molar-refractivity contribution < 1.29 is 14.3 Å². The second kappa shape index (κ2) is 6.41. The monoisotopic (exact) mass is 308 g/mol. The fourth-order valence-corrected chi connectivity index (χ4v) is 1.93. The van der Waals surface area contributed by atoms with E-state index in [1.165, 1.54) is 13.2 Å². The predicted molar refractivity (Wildman–Crippen MR) is 76.9 cm³/mol. The molecule has 21 heavy (non-hydrogen) atoms. The molecule has 0 aliphatic heterocycles. The van der Waals surface area contributed by atoms with Crippen molar-refractivity contribution in [1.82, 2.24) is 9.78 Å². The van der Waals surface area contributed by atoms with Crippen LogP contribution in [0.15, 0.2) is 35.1 Å². The van der Waals surface area contributed by atoms with Gasteiger partial charge in [0, 0.05) is 0 Å². The SMILES string of the molecule is COC(=O)c1cc(Cl)c(=O)n(Cc2ccc(OC)cc2)n1. The molecule has 0 bridgehead atoms. The minimum absolute atomic E-state index is 0.0180. The van der Waals surface area contributed by atoms with Crippen LogP contribution in [0, 0.1) is 0 Å². The normalized spacial score (nSPS) is 10.2. The van der Waals surface area contributed by atoms with Gasteiger partial charge in [-0.15, -0.1) is 0 Å². The number of esters is 1. The zero-order valence-corrected chi connectivity index (χ0v) is 12.3. The molecule has 0 atom stereocenters. The quantitative estimate of drug-likeness (QED) is 0.805. The van der Waals surface area contributed by atoms with Gasteiger partial charge in [0.2, 0.25) is 0 Å². The first-order chi connectivity index (χ1) is 10.0. The van der Waals surface area contributed by atoms with Gasteiger partial charge in [0.25, 0.3) is 5.56 Å². The molecule has 0 fully saturated rings. The van der Waals surface area contributed by atoms with Gasteiger partial charge >= 0.3 is 5.97 Å². The van der Waals surface area contributed by atoms with Crippen molar-refractivity contribution in [2.24, 2.45) is 0 Å². The molecule has 110 valence electrons. The predicted octanol–water partition coefficient (Wildman–Crippen LogP) is 1.74. The van der Waals surface area contributed by atoms with Crippen LogP contribution >= 0.6 is 11.6 Å². The Labute approximate surface area is 125 Å². The van der Waals surface area contributed by atoms with Crippen LogP contribution in [0.1, 0.15) is 16.1 Å². The van der Waals surface area contributed by atoms with Crippen LogP contribution in [0.3, 0.4) is 0 Å². The van der Waals surface area contributed by atoms with Crippen molar-refractivity contribution in [2.75, 3.05) is 14.2 Å². The summed E-state index contributed by atoms with van der Waals surface area (Å²) in [6.45, 7) is 0.188. The van der Waals surface area contributed by atoms with E-state index in [0.717, 1.165) is 10.2 Å². The first-order valence-electron chi connectivity index (χ1n) is 6.04. The first kappa shape index (κ1) is 15.1. The average Bonchev–Trinajstić information content (AvgIpc) is 2.51. The van der Waals surface area contributed by atoms with Crippen molar-refractivity contribution in [3.05, 3.63) is 57.0 Å². The highest BCUT2D eigenvalue weighted by Crippen LogP contribution is 2.12. The Morgan fingerprint density at radius 3 is 2.52 bits per heavy atom. The smallest absolute Gasteiger partial charge is 0.358 e. The molecule has 2 rings (SSSR count). The molecule has 0 amide bonds. The number of rotatable bonds is 4. The van der Waals surface area contributed by atoms with E-state index in [2.05, 4.69) is 9.84 Å². The molecule has 2 aromatic rings. The summed E-state index contributed by atoms with van der Waals surface area (Å²) in [5.41, 5.74) is 0.333. The highest BCUT2D eigenvalue weighted by Gasteiger charge is 2.13. The highest BCUT2D eigenvalue weighted by molar-refractivity contribution is 6.30. The van der Waals surface area contributed by atoms with Gasteiger partial charge in [-0.1, -0.05) is 23.7 Å². The average molecular weight is 309 g/mol. The molecule has 0 radical (unpaired) electrons. The summed E-state index contributed by atoms with van der Waals surface area (Å²) >= 11 is 5.83. The van der Waals surface area contributed by atoms with Crippen LogP contribution in [-0.2, 0) is 11.3 Å². The van der Waals surface area contributed by atoms with Crippen molar-refractivity contribution in [1.29, 1.82) is 0 Å². The molecule has 0 aliphatic rings. The van der Waals surface area contributed by atoms with Crippen molar-refractivity contribution in [3.8, 4) is 5.75 Å². The number of carbonyl (C=O) groups excluding carboxylic acids is 1. The van der Waals surface area contributed by atoms with Gasteiger partial charge in [-0.2, -0.15) is 5.10 Å². The minimum Gasteiger partial charge on any atom is -0.497 e. The zero-order valence-electron chi connectivity index (χ0n) is 11.5. The van der Waals surface area contributed by atoms with E-state index in [0.29, 0.717) is 5.75 Å². The van der Waals surface area contributed by atoms with Gasteiger partial charge < -0.3 is 9.47 Å². The van der Waals surface area contributed by atoms with Crippen LogP contribution in [0.4, 0.5) is 0 Å². The fraction of sp³-hybridized carbons (Fsp3) is 0.214. The van der Waals surface area contributed by atoms with Gasteiger partial charge in [-0.05, 0) is 23.8 Å². The van der Waals surface area contributed by atoms with Gasteiger partial charge in [0.15, 0.2) is 5.69 Å². The summed E-state index contributed by atoms with van der Waals surface area (Å²) in [4.78, 5) is 23.4. The maximum atomic E-state index is 12.0. The summed E-state index contributed by atoms with van der Waals surface area (Å²) in [6.07, 6.45) is 0. The molecule has 1 heterocycles. The fourth-order valence-electron chi connectivity index (χ4n) is 1.72. The Morgan fingerprint density at radius 1 is 1.29 bits per heavy atom. The Hall–Kier alpha value is -2.34. The van der Waals surface area contributed by atoms with Crippen molar-refractivity contribution >= 4 is 17.6 Å². The van der Waals surface area contributed by atoms with Crippen molar-refractivity contribution in [3.63, 3.8) is 0 Å². The Kier molecular flexibility index (Phi) is 4.59. The van der Waals surface area contributed by atoms with Crippen LogP contribution < -0.4 is 10.3 Å². The van der Waals surface area contributed by atoms with E-state index >= 15 is 0 Å². The minimum atomic E-state index is -0.652. The number of ether oxygens (including phenoxy) is 2. The standard InChI is InChI=1S/C14H13ClN2O4/c1-20-10-5-3-9(4-6-10)8-17-13(18)11(15)7-12(16-17)14(19)21-2/h3-7H,8H2,1-2H3. The van der Waals surface area contributed by atoms with Crippen LogP contribution in [-0.4, -0.2) is 30.0 Å². The van der Waals surface area contributed by atoms with Crippen LogP contribution in [0.2, 0.25) is 5.02 Å². The lowest BCUT2D eigenvalue weighted by Crippen LogP contribution is -2.26. The summed E-state index contributed by atoms with van der Waals surface area (Å²) in [7, 11) is 2.80. The largest absolute Gasteiger partial charge is 0.497 e. The number of aromatic nitrogens is 2. The number of methoxy groups -OCH3 is 2. The van der Waals surface area contributed by atoms with Gasteiger partial charge in [0.05, 0.1) is 20.8 Å². The summed E-state index contributed by atoms with van der Waals surface area (Å²) in [5, 5.41) is 3.87. The summed E-state index contributed by atoms with van der Waals surface area (Å²) in [6, 6.07) is 8.33. The van der Waals surface area contributed by atoms with E-state index in [4.69, 9.17) is 16.3 Å². The Balaban J connectivity index is 2.36. The lowest BCUT2D eigenvalue weighted by atomic mass is 10.2. The number of nitrogens with zero attached hydrogens (tertiary/aromatic N) is 2. The number of carbonyl (C=O) groups is 1. The molecule has 0 N–H and O–H groups in total. The molecule has 0 aliphatic carbocycles. The van der Waals surface area contributed by atoms with Gasteiger partial charge in [0.1, 0.15) is 10.8 Å². The molecular weight excluding hydrogens is 296 g/mol. The molecule has 0 spiro atoms. The third-order valence-electron chi connectivity index (χ3n) is 2.82. The molecule has 0 saturated carbocycles. The maximum Gasteiger partial charge on any atom is 0.358 e. The van der Waals surface area contributed by atoms with Gasteiger partial charge in [-0.3, -0.25) is 4.79 Å². The number of hydrogen-bond acceptors (Lipinski definition) is 5. The number of hydrogen-bond donors (Lipinski definition) is 0. The first-order valence-corrected chi connectivity index (χ1v) is 6.42. The molecule has 0 unspecified atom stereocenters. The molecule has 1 aromatic carbocycles. The number of halogens is 1. The maximum absolute atomic E-state index is 12.0. The third kappa shape index (κ3) is 3.41. The third-order valence-corrected chi connectivity index (χ3v) is 3.09. The molecule has 7 heteroatoms. The lowest BCUT2D eigenvalue weighted by Gasteiger charge is -2.08. The second-order valence-electron chi connectivity index (χ2n) is 4.18. The van der Waals surface area contributed by atoms with Crippen LogP contribution in [0.25, 0.3) is 0 Å². The van der Waals surface area contributed by atoms with Crippen molar-refractivity contribution in [2.45, 2.75) is 6.54 Å². The molecule has 6 nitrogen and oxygen atoms in total. The van der Waals surface area contributed by atoms with E-state index in [1.807, 2.05) is 0 Å². The van der Waals surface area contributed by atoms with E-state index in [-0.39, 0.29) is 17.3 Å². The van der Waals surface area contributed by atoms with Gasteiger partial charge in [-0.25, -0.2) is 9.48 Å². The van der Waals surface area contributed by atoms with Crippen LogP contribution in [0.5, 0.6) is 5.75 Å². The molecule has 1 aromatic heterocycles. The van der Waals surface area contributed by atoms with E-state index < -0.39 is 11.5 Å². The Bertz CT molecular complexity index is 710. The second-order valence-corrected chi connectivity index (χ2v) is 4.59. The van der Waals surface area contributed by atoms with E-state index in [9.17, 15) is 9.59 Å². The summed E-state index contributed by atoms with van der Waals surface area (Å²) < 4.78 is 10.8. The topological polar surface area (TPSA) is 70.4 Å². The zero-order chi connectivity index (χ0) is 15.4. The molecular formula is C14H13ClN2O4. The highest BCUT2D eigenvalue weighted by atomic mass is 35.5. The molecule has 0 saturated heterocycles.